The van der Waals surface area contributed by atoms with Gasteiger partial charge >= 0.3 is 5.97 Å². The summed E-state index contributed by atoms with van der Waals surface area (Å²) in [6, 6.07) is 3.84. The normalized spacial score (nSPS) is 12.1. The first-order chi connectivity index (χ1) is 11.7. The number of imidazole rings is 1. The number of ether oxygens (including phenoxy) is 1. The van der Waals surface area contributed by atoms with Gasteiger partial charge in [-0.3, -0.25) is 9.78 Å². The molecular formula is C17H23N3O3S. The molecule has 1 unspecified atom stereocenters. The Balaban J connectivity index is 2.22. The topological polar surface area (TPSA) is 77.2 Å². The lowest BCUT2D eigenvalue weighted by Crippen LogP contribution is -2.21. The molecule has 0 amide bonds. The van der Waals surface area contributed by atoms with Crippen molar-refractivity contribution in [2.24, 2.45) is 0 Å². The Hall–Kier alpha value is -1.86. The van der Waals surface area contributed by atoms with Gasteiger partial charge in [-0.05, 0) is 31.0 Å². The van der Waals surface area contributed by atoms with Gasteiger partial charge < -0.3 is 14.4 Å². The average Bonchev–Trinajstić information content (AvgIpc) is 2.97. The van der Waals surface area contributed by atoms with E-state index in [1.54, 1.807) is 25.5 Å². The molecule has 2 heterocycles. The van der Waals surface area contributed by atoms with E-state index in [9.17, 15) is 9.90 Å². The van der Waals surface area contributed by atoms with Crippen LogP contribution in [0.3, 0.4) is 0 Å². The highest BCUT2D eigenvalue weighted by Crippen LogP contribution is 2.28. The molecule has 0 spiro atoms. The lowest BCUT2D eigenvalue weighted by molar-refractivity contribution is -0.142. The Bertz CT molecular complexity index is 646. The van der Waals surface area contributed by atoms with Crippen LogP contribution < -0.4 is 0 Å². The molecule has 0 saturated carbocycles. The fourth-order valence-electron chi connectivity index (χ4n) is 2.30. The van der Waals surface area contributed by atoms with Gasteiger partial charge in [0.05, 0.1) is 31.6 Å². The van der Waals surface area contributed by atoms with E-state index >= 15 is 0 Å². The predicted molar refractivity (Wildman–Crippen MR) is 92.7 cm³/mol. The van der Waals surface area contributed by atoms with E-state index in [0.29, 0.717) is 24.0 Å². The van der Waals surface area contributed by atoms with Crippen molar-refractivity contribution in [1.82, 2.24) is 14.5 Å². The number of hydrogen-bond donors (Lipinski definition) is 1. The van der Waals surface area contributed by atoms with Gasteiger partial charge in [0.1, 0.15) is 5.25 Å². The zero-order chi connectivity index (χ0) is 17.4. The highest BCUT2D eigenvalue weighted by atomic mass is 32.2. The molecule has 6 nitrogen and oxygen atoms in total. The molecule has 0 radical (unpaired) electrons. The monoisotopic (exact) mass is 349 g/mol. The van der Waals surface area contributed by atoms with Crippen molar-refractivity contribution in [2.75, 3.05) is 6.61 Å². The van der Waals surface area contributed by atoms with E-state index in [1.165, 1.54) is 11.8 Å². The van der Waals surface area contributed by atoms with E-state index in [1.807, 2.05) is 23.6 Å². The Morgan fingerprint density at radius 2 is 2.12 bits per heavy atom. The van der Waals surface area contributed by atoms with Gasteiger partial charge in [0.25, 0.3) is 0 Å². The van der Waals surface area contributed by atoms with Gasteiger partial charge in [-0.1, -0.05) is 25.1 Å². The maximum atomic E-state index is 12.1. The highest BCUT2D eigenvalue weighted by Gasteiger charge is 2.23. The summed E-state index contributed by atoms with van der Waals surface area (Å²) in [5.74, 6) is -0.214. The third-order valence-electron chi connectivity index (χ3n) is 3.50. The molecule has 0 fully saturated rings. The molecule has 0 bridgehead atoms. The largest absolute Gasteiger partial charge is 0.465 e. The third-order valence-corrected chi connectivity index (χ3v) is 4.75. The molecule has 2 rings (SSSR count). The number of aliphatic hydroxyl groups is 1. The van der Waals surface area contributed by atoms with Crippen LogP contribution in [0.1, 0.15) is 37.9 Å². The number of hydrogen-bond acceptors (Lipinski definition) is 6. The molecule has 2 aromatic heterocycles. The summed E-state index contributed by atoms with van der Waals surface area (Å²) in [6.45, 7) is 4.68. The van der Waals surface area contributed by atoms with E-state index in [0.717, 1.165) is 18.4 Å². The number of aromatic nitrogens is 3. The second-order valence-electron chi connectivity index (χ2n) is 5.28. The lowest BCUT2D eigenvalue weighted by atomic mass is 10.2. The molecular weight excluding hydrogens is 326 g/mol. The van der Waals surface area contributed by atoms with Crippen LogP contribution in [0.5, 0.6) is 0 Å². The minimum Gasteiger partial charge on any atom is -0.465 e. The van der Waals surface area contributed by atoms with Crippen LogP contribution in [0, 0.1) is 0 Å². The molecule has 0 aliphatic heterocycles. The zero-order valence-electron chi connectivity index (χ0n) is 14.0. The second kappa shape index (κ2) is 9.44. The fourth-order valence-corrected chi connectivity index (χ4v) is 3.50. The van der Waals surface area contributed by atoms with Crippen LogP contribution in [-0.4, -0.2) is 37.5 Å². The third kappa shape index (κ3) is 4.82. The predicted octanol–water partition coefficient (Wildman–Crippen LogP) is 2.64. The fraction of sp³-hybridized carbons (Fsp3) is 0.471. The molecule has 0 saturated heterocycles. The van der Waals surface area contributed by atoms with Crippen molar-refractivity contribution < 1.29 is 14.6 Å². The minimum absolute atomic E-state index is 0.101. The summed E-state index contributed by atoms with van der Waals surface area (Å²) in [7, 11) is 0. The highest BCUT2D eigenvalue weighted by molar-refractivity contribution is 8.00. The van der Waals surface area contributed by atoms with E-state index in [-0.39, 0.29) is 17.8 Å². The van der Waals surface area contributed by atoms with Crippen LogP contribution in [0.25, 0.3) is 0 Å². The summed E-state index contributed by atoms with van der Waals surface area (Å²) < 4.78 is 7.10. The number of rotatable bonds is 9. The summed E-state index contributed by atoms with van der Waals surface area (Å²) in [6.07, 6.45) is 6.72. The Labute approximate surface area is 146 Å². The van der Waals surface area contributed by atoms with Crippen molar-refractivity contribution in [1.29, 1.82) is 0 Å². The van der Waals surface area contributed by atoms with E-state index in [4.69, 9.17) is 4.74 Å². The van der Waals surface area contributed by atoms with Crippen LogP contribution in [-0.2, 0) is 22.7 Å². The van der Waals surface area contributed by atoms with Crippen molar-refractivity contribution in [2.45, 2.75) is 50.2 Å². The molecule has 7 heteroatoms. The molecule has 0 aliphatic carbocycles. The molecule has 2 aromatic rings. The number of nitrogens with zero attached hydrogens (tertiary/aromatic N) is 3. The molecule has 1 N–H and O–H groups in total. The first kappa shape index (κ1) is 18.5. The zero-order valence-corrected chi connectivity index (χ0v) is 14.8. The molecule has 0 aliphatic rings. The molecule has 0 aromatic carbocycles. The number of carbonyl (C=O) groups excluding carboxylic acids is 1. The van der Waals surface area contributed by atoms with Crippen molar-refractivity contribution in [3.63, 3.8) is 0 Å². The van der Waals surface area contributed by atoms with Gasteiger partial charge in [0.2, 0.25) is 0 Å². The van der Waals surface area contributed by atoms with E-state index in [2.05, 4.69) is 9.97 Å². The average molecular weight is 349 g/mol. The maximum absolute atomic E-state index is 12.1. The summed E-state index contributed by atoms with van der Waals surface area (Å²) in [5, 5.41) is 9.99. The number of esters is 1. The summed E-state index contributed by atoms with van der Waals surface area (Å²) >= 11 is 1.39. The van der Waals surface area contributed by atoms with Gasteiger partial charge in [-0.25, -0.2) is 4.98 Å². The van der Waals surface area contributed by atoms with Gasteiger partial charge in [0.15, 0.2) is 5.16 Å². The number of pyridine rings is 1. The van der Waals surface area contributed by atoms with Crippen molar-refractivity contribution in [3.8, 4) is 0 Å². The second-order valence-corrected chi connectivity index (χ2v) is 6.45. The Kier molecular flexibility index (Phi) is 7.27. The van der Waals surface area contributed by atoms with Gasteiger partial charge in [-0.2, -0.15) is 0 Å². The van der Waals surface area contributed by atoms with Crippen LogP contribution >= 0.6 is 11.8 Å². The standard InChI is InChI=1S/C17H23N3O3S/c1-3-5-15(16(22)23-4-2)24-17-19-10-14(12-21)20(17)11-13-6-8-18-9-7-13/h6-10,15,21H,3-5,11-12H2,1-2H3. The molecule has 130 valence electrons. The summed E-state index contributed by atoms with van der Waals surface area (Å²) in [5.41, 5.74) is 1.77. The Morgan fingerprint density at radius 1 is 1.38 bits per heavy atom. The van der Waals surface area contributed by atoms with Crippen LogP contribution in [0.4, 0.5) is 0 Å². The van der Waals surface area contributed by atoms with Crippen molar-refractivity contribution >= 4 is 17.7 Å². The first-order valence-corrected chi connectivity index (χ1v) is 8.95. The molecule has 1 atom stereocenters. The van der Waals surface area contributed by atoms with Crippen molar-refractivity contribution in [3.05, 3.63) is 42.0 Å². The molecule has 24 heavy (non-hydrogen) atoms. The van der Waals surface area contributed by atoms with Gasteiger partial charge in [-0.15, -0.1) is 0 Å². The van der Waals surface area contributed by atoms with Crippen LogP contribution in [0.15, 0.2) is 35.9 Å². The number of aliphatic hydroxyl groups excluding tert-OH is 1. The number of carbonyl (C=O) groups is 1. The van der Waals surface area contributed by atoms with E-state index < -0.39 is 0 Å². The smallest absolute Gasteiger partial charge is 0.319 e. The minimum atomic E-state index is -0.292. The lowest BCUT2D eigenvalue weighted by Gasteiger charge is -2.16. The number of thioether (sulfide) groups is 1. The van der Waals surface area contributed by atoms with Gasteiger partial charge in [0, 0.05) is 12.4 Å². The SMILES string of the molecule is CCCC(Sc1ncc(CO)n1Cc1ccncc1)C(=O)OCC. The van der Waals surface area contributed by atoms with Crippen LogP contribution in [0.2, 0.25) is 0 Å². The first-order valence-electron chi connectivity index (χ1n) is 8.07. The summed E-state index contributed by atoms with van der Waals surface area (Å²) in [4.78, 5) is 20.6. The maximum Gasteiger partial charge on any atom is 0.319 e. The quantitative estimate of drug-likeness (QED) is 0.554. The Morgan fingerprint density at radius 3 is 2.75 bits per heavy atom.